The van der Waals surface area contributed by atoms with Crippen molar-refractivity contribution in [1.82, 2.24) is 10.1 Å². The summed E-state index contributed by atoms with van der Waals surface area (Å²) in [6.45, 7) is 3.75. The van der Waals surface area contributed by atoms with Crippen molar-refractivity contribution in [1.29, 1.82) is 0 Å². The zero-order valence-corrected chi connectivity index (χ0v) is 13.5. The van der Waals surface area contributed by atoms with Crippen molar-refractivity contribution in [2.75, 3.05) is 12.4 Å². The predicted octanol–water partition coefficient (Wildman–Crippen LogP) is 3.46. The Morgan fingerprint density at radius 3 is 2.46 bits per heavy atom. The summed E-state index contributed by atoms with van der Waals surface area (Å²) in [6, 6.07) is 5.98. The molecule has 0 fully saturated rings. The second kappa shape index (κ2) is 7.04. The molecule has 1 N–H and O–H groups in total. The molecule has 1 heterocycles. The van der Waals surface area contributed by atoms with Gasteiger partial charge in [0, 0.05) is 12.6 Å². The molecule has 1 atom stereocenters. The van der Waals surface area contributed by atoms with Gasteiger partial charge in [-0.25, -0.2) is 0 Å². The smallest absolute Gasteiger partial charge is 0.360 e. The van der Waals surface area contributed by atoms with Crippen LogP contribution in [0.2, 0.25) is 0 Å². The second-order valence-electron chi connectivity index (χ2n) is 5.60. The Kier molecular flexibility index (Phi) is 5.28. The van der Waals surface area contributed by atoms with Crippen LogP contribution in [-0.4, -0.2) is 29.1 Å². The number of anilines is 1. The number of carbonyl (C=O) groups is 1. The average Bonchev–Trinajstić information content (AvgIpc) is 2.91. The van der Waals surface area contributed by atoms with Gasteiger partial charge in [-0.3, -0.25) is 9.69 Å². The van der Waals surface area contributed by atoms with Gasteiger partial charge in [0.1, 0.15) is 5.76 Å². The zero-order chi connectivity index (χ0) is 17.9. The van der Waals surface area contributed by atoms with Crippen molar-refractivity contribution in [3.63, 3.8) is 0 Å². The van der Waals surface area contributed by atoms with Crippen LogP contribution in [0.15, 0.2) is 34.9 Å². The first-order chi connectivity index (χ1) is 11.2. The summed E-state index contributed by atoms with van der Waals surface area (Å²) >= 11 is 0. The molecule has 24 heavy (non-hydrogen) atoms. The molecular weight excluding hydrogens is 323 g/mol. The van der Waals surface area contributed by atoms with Crippen LogP contribution in [0.3, 0.4) is 0 Å². The molecule has 0 aliphatic rings. The van der Waals surface area contributed by atoms with E-state index in [1.54, 1.807) is 31.9 Å². The third-order valence-corrected chi connectivity index (χ3v) is 3.63. The number of hydrogen-bond acceptors (Lipinski definition) is 4. The van der Waals surface area contributed by atoms with Gasteiger partial charge in [-0.15, -0.1) is 0 Å². The van der Waals surface area contributed by atoms with E-state index >= 15 is 0 Å². The number of halogens is 3. The number of nitrogens with one attached hydrogen (secondary N) is 1. The molecule has 5 nitrogen and oxygen atoms in total. The summed E-state index contributed by atoms with van der Waals surface area (Å²) in [5, 5.41) is 6.31. The van der Waals surface area contributed by atoms with E-state index in [1.807, 2.05) is 0 Å². The highest BCUT2D eigenvalue weighted by Gasteiger charge is 2.30. The lowest BCUT2D eigenvalue weighted by Crippen LogP contribution is -2.39. The molecule has 1 aromatic carbocycles. The van der Waals surface area contributed by atoms with Crippen LogP contribution >= 0.6 is 0 Å². The Bertz CT molecular complexity index is 695. The van der Waals surface area contributed by atoms with Gasteiger partial charge in [-0.2, -0.15) is 13.2 Å². The van der Waals surface area contributed by atoms with Gasteiger partial charge in [0.15, 0.2) is 5.82 Å². The van der Waals surface area contributed by atoms with E-state index in [1.165, 1.54) is 12.1 Å². The molecular formula is C16H18F3N3O2. The zero-order valence-electron chi connectivity index (χ0n) is 13.5. The highest BCUT2D eigenvalue weighted by molar-refractivity contribution is 5.93. The van der Waals surface area contributed by atoms with Crippen LogP contribution in [0.4, 0.5) is 19.0 Å². The average molecular weight is 341 g/mol. The van der Waals surface area contributed by atoms with Crippen LogP contribution in [-0.2, 0) is 17.5 Å². The molecule has 1 amide bonds. The summed E-state index contributed by atoms with van der Waals surface area (Å²) in [7, 11) is 1.72. The number of rotatable bonds is 5. The third kappa shape index (κ3) is 4.58. The van der Waals surface area contributed by atoms with E-state index in [0.717, 1.165) is 12.1 Å². The minimum Gasteiger partial charge on any atom is -0.360 e. The number of aromatic nitrogens is 1. The summed E-state index contributed by atoms with van der Waals surface area (Å²) in [6.07, 6.45) is -4.35. The molecule has 0 aliphatic heterocycles. The lowest BCUT2D eigenvalue weighted by Gasteiger charge is -2.23. The van der Waals surface area contributed by atoms with Gasteiger partial charge in [0.05, 0.1) is 11.6 Å². The Labute approximate surface area is 137 Å². The molecule has 0 saturated carbocycles. The van der Waals surface area contributed by atoms with Crippen LogP contribution in [0.5, 0.6) is 0 Å². The molecule has 2 aromatic rings. The minimum absolute atomic E-state index is 0.280. The standard InChI is InChI=1S/C16H18F3N3O2/c1-10-8-14(21-24-10)20-15(23)11(2)22(3)9-12-4-6-13(7-5-12)16(17,18)19/h4-8,11H,9H2,1-3H3,(H,20,21,23)/t11-/m0/s1. The maximum absolute atomic E-state index is 12.5. The van der Waals surface area contributed by atoms with Crippen LogP contribution in [0, 0.1) is 6.92 Å². The SMILES string of the molecule is Cc1cc(NC(=O)[C@H](C)N(C)Cc2ccc(C(F)(F)F)cc2)no1. The van der Waals surface area contributed by atoms with Crippen molar-refractivity contribution >= 4 is 11.7 Å². The van der Waals surface area contributed by atoms with Crippen LogP contribution in [0.25, 0.3) is 0 Å². The number of likely N-dealkylation sites (N-methyl/N-ethyl adjacent to an activating group) is 1. The predicted molar refractivity (Wildman–Crippen MR) is 82.2 cm³/mol. The van der Waals surface area contributed by atoms with E-state index in [4.69, 9.17) is 4.52 Å². The topological polar surface area (TPSA) is 58.4 Å². The fourth-order valence-corrected chi connectivity index (χ4v) is 2.08. The fraction of sp³-hybridized carbons (Fsp3) is 0.375. The first kappa shape index (κ1) is 18.0. The first-order valence-corrected chi connectivity index (χ1v) is 7.27. The number of carbonyl (C=O) groups excluding carboxylic acids is 1. The van der Waals surface area contributed by atoms with E-state index in [0.29, 0.717) is 23.7 Å². The van der Waals surface area contributed by atoms with Crippen molar-refractivity contribution < 1.29 is 22.5 Å². The number of benzene rings is 1. The fourth-order valence-electron chi connectivity index (χ4n) is 2.08. The normalized spacial score (nSPS) is 13.1. The third-order valence-electron chi connectivity index (χ3n) is 3.63. The molecule has 8 heteroatoms. The summed E-state index contributed by atoms with van der Waals surface area (Å²) in [5.74, 6) is 0.626. The highest BCUT2D eigenvalue weighted by Crippen LogP contribution is 2.29. The Hall–Kier alpha value is -2.35. The second-order valence-corrected chi connectivity index (χ2v) is 5.60. The van der Waals surface area contributed by atoms with Gasteiger partial charge in [0.25, 0.3) is 0 Å². The van der Waals surface area contributed by atoms with Gasteiger partial charge in [-0.1, -0.05) is 17.3 Å². The molecule has 2 rings (SSSR count). The Morgan fingerprint density at radius 2 is 1.96 bits per heavy atom. The monoisotopic (exact) mass is 341 g/mol. The lowest BCUT2D eigenvalue weighted by molar-refractivity contribution is -0.137. The maximum Gasteiger partial charge on any atom is 0.416 e. The van der Waals surface area contributed by atoms with E-state index in [9.17, 15) is 18.0 Å². The van der Waals surface area contributed by atoms with Crippen molar-refractivity contribution in [2.24, 2.45) is 0 Å². The molecule has 130 valence electrons. The molecule has 0 saturated heterocycles. The Balaban J connectivity index is 1.95. The summed E-state index contributed by atoms with van der Waals surface area (Å²) < 4.78 is 42.5. The molecule has 0 bridgehead atoms. The van der Waals surface area contributed by atoms with Crippen LogP contribution < -0.4 is 5.32 Å². The highest BCUT2D eigenvalue weighted by atomic mass is 19.4. The van der Waals surface area contributed by atoms with Gasteiger partial charge in [-0.05, 0) is 38.6 Å². The lowest BCUT2D eigenvalue weighted by atomic mass is 10.1. The number of aryl methyl sites for hydroxylation is 1. The minimum atomic E-state index is -4.35. The Morgan fingerprint density at radius 1 is 1.33 bits per heavy atom. The molecule has 1 aromatic heterocycles. The van der Waals surface area contributed by atoms with E-state index in [-0.39, 0.29) is 5.91 Å². The van der Waals surface area contributed by atoms with Gasteiger partial charge >= 0.3 is 6.18 Å². The van der Waals surface area contributed by atoms with Crippen molar-refractivity contribution in [3.05, 3.63) is 47.2 Å². The largest absolute Gasteiger partial charge is 0.416 e. The number of hydrogen-bond donors (Lipinski definition) is 1. The number of alkyl halides is 3. The van der Waals surface area contributed by atoms with Gasteiger partial charge in [0.2, 0.25) is 5.91 Å². The van der Waals surface area contributed by atoms with E-state index in [2.05, 4.69) is 10.5 Å². The summed E-state index contributed by atoms with van der Waals surface area (Å²) in [4.78, 5) is 13.9. The maximum atomic E-state index is 12.5. The first-order valence-electron chi connectivity index (χ1n) is 7.27. The van der Waals surface area contributed by atoms with E-state index < -0.39 is 17.8 Å². The summed E-state index contributed by atoms with van der Waals surface area (Å²) in [5.41, 5.74) is -0.0106. The van der Waals surface area contributed by atoms with Gasteiger partial charge < -0.3 is 9.84 Å². The molecule has 0 aliphatic carbocycles. The van der Waals surface area contributed by atoms with Crippen molar-refractivity contribution in [3.8, 4) is 0 Å². The van der Waals surface area contributed by atoms with Crippen molar-refractivity contribution in [2.45, 2.75) is 32.6 Å². The number of nitrogens with zero attached hydrogens (tertiary/aromatic N) is 2. The molecule has 0 radical (unpaired) electrons. The molecule has 0 spiro atoms. The molecule has 0 unspecified atom stereocenters. The van der Waals surface area contributed by atoms with Crippen LogP contribution in [0.1, 0.15) is 23.8 Å². The number of amides is 1. The quantitative estimate of drug-likeness (QED) is 0.905.